The second-order valence-corrected chi connectivity index (χ2v) is 9.67. The lowest BCUT2D eigenvalue weighted by Gasteiger charge is -2.33. The molecule has 8 heteroatoms. The Balaban J connectivity index is 1.43. The van der Waals surface area contributed by atoms with Crippen LogP contribution in [0, 0.1) is 5.92 Å². The number of aryl methyl sites for hydroxylation is 1. The molecule has 0 bridgehead atoms. The fourth-order valence-electron chi connectivity index (χ4n) is 4.75. The molecule has 2 aliphatic heterocycles. The van der Waals surface area contributed by atoms with E-state index >= 15 is 0 Å². The Morgan fingerprint density at radius 3 is 2.67 bits per heavy atom. The van der Waals surface area contributed by atoms with Gasteiger partial charge in [-0.2, -0.15) is 0 Å². The molecular formula is C25H28Cl2N4O2. The molecule has 0 spiro atoms. The summed E-state index contributed by atoms with van der Waals surface area (Å²) in [6, 6.07) is 12.4. The zero-order chi connectivity index (χ0) is 22.9. The molecule has 0 saturated carbocycles. The summed E-state index contributed by atoms with van der Waals surface area (Å²) in [7, 11) is 0. The van der Waals surface area contributed by atoms with Gasteiger partial charge in [-0.1, -0.05) is 42.3 Å². The van der Waals surface area contributed by atoms with Crippen molar-refractivity contribution < 1.29 is 9.53 Å². The van der Waals surface area contributed by atoms with Gasteiger partial charge in [0.2, 0.25) is 11.9 Å². The molecule has 2 saturated heterocycles. The van der Waals surface area contributed by atoms with Crippen molar-refractivity contribution >= 4 is 46.1 Å². The van der Waals surface area contributed by atoms with Gasteiger partial charge >= 0.3 is 0 Å². The number of hydrogen-bond donors (Lipinski definition) is 1. The molecule has 1 atom stereocenters. The Hall–Kier alpha value is -2.28. The zero-order valence-corrected chi connectivity index (χ0v) is 20.2. The number of benzene rings is 2. The van der Waals surface area contributed by atoms with Gasteiger partial charge in [0, 0.05) is 31.3 Å². The highest BCUT2D eigenvalue weighted by atomic mass is 35.5. The lowest BCUT2D eigenvalue weighted by atomic mass is 9.95. The second-order valence-electron chi connectivity index (χ2n) is 8.86. The van der Waals surface area contributed by atoms with Gasteiger partial charge in [-0.3, -0.25) is 9.36 Å². The number of hydrogen-bond acceptors (Lipinski definition) is 4. The first kappa shape index (κ1) is 22.5. The summed E-state index contributed by atoms with van der Waals surface area (Å²) in [5.74, 6) is 1.03. The number of carbonyl (C=O) groups excluding carboxylic acids is 1. The van der Waals surface area contributed by atoms with Gasteiger partial charge in [0.1, 0.15) is 0 Å². The number of rotatable bonds is 5. The Labute approximate surface area is 203 Å². The van der Waals surface area contributed by atoms with Crippen LogP contribution >= 0.6 is 23.2 Å². The van der Waals surface area contributed by atoms with Gasteiger partial charge < -0.3 is 15.0 Å². The minimum atomic E-state index is 0.0204. The van der Waals surface area contributed by atoms with Crippen LogP contribution in [0.3, 0.4) is 0 Å². The van der Waals surface area contributed by atoms with E-state index in [1.165, 1.54) is 5.56 Å². The van der Waals surface area contributed by atoms with Crippen molar-refractivity contribution in [1.29, 1.82) is 0 Å². The van der Waals surface area contributed by atoms with E-state index in [4.69, 9.17) is 32.9 Å². The van der Waals surface area contributed by atoms with Crippen LogP contribution in [0.15, 0.2) is 36.4 Å². The maximum atomic E-state index is 12.7. The SMILES string of the molecule is CCc1cccc(-n2c(N3CCC(C(=O)N[C@@H]4CCOC4)CC3)nc3cc(Cl)c(Cl)cc32)c1. The van der Waals surface area contributed by atoms with Crippen LogP contribution in [-0.2, 0) is 16.0 Å². The number of halogens is 2. The smallest absolute Gasteiger partial charge is 0.223 e. The van der Waals surface area contributed by atoms with Gasteiger partial charge in [-0.25, -0.2) is 4.98 Å². The fraction of sp³-hybridized carbons (Fsp3) is 0.440. The van der Waals surface area contributed by atoms with Crippen LogP contribution in [0.2, 0.25) is 10.0 Å². The van der Waals surface area contributed by atoms with Gasteiger partial charge in [0.05, 0.1) is 33.7 Å². The number of nitrogens with one attached hydrogen (secondary N) is 1. The third kappa shape index (κ3) is 4.57. The van der Waals surface area contributed by atoms with E-state index in [1.54, 1.807) is 0 Å². The quantitative estimate of drug-likeness (QED) is 0.550. The first-order valence-corrected chi connectivity index (χ1v) is 12.4. The molecule has 2 aromatic carbocycles. The molecule has 3 heterocycles. The number of carbonyl (C=O) groups is 1. The van der Waals surface area contributed by atoms with Crippen LogP contribution in [0.5, 0.6) is 0 Å². The molecule has 0 unspecified atom stereocenters. The van der Waals surface area contributed by atoms with Crippen molar-refractivity contribution in [3.63, 3.8) is 0 Å². The third-order valence-electron chi connectivity index (χ3n) is 6.68. The molecule has 1 aromatic heterocycles. The Morgan fingerprint density at radius 2 is 1.94 bits per heavy atom. The molecular weight excluding hydrogens is 459 g/mol. The monoisotopic (exact) mass is 486 g/mol. The first-order chi connectivity index (χ1) is 16.0. The number of fused-ring (bicyclic) bond motifs is 1. The number of ether oxygens (including phenoxy) is 1. The highest BCUT2D eigenvalue weighted by Gasteiger charge is 2.30. The molecule has 0 aliphatic carbocycles. The molecule has 2 aliphatic rings. The normalized spacial score (nSPS) is 19.4. The van der Waals surface area contributed by atoms with E-state index in [9.17, 15) is 4.79 Å². The van der Waals surface area contributed by atoms with Gasteiger partial charge in [-0.05, 0) is 55.5 Å². The summed E-state index contributed by atoms with van der Waals surface area (Å²) in [5, 5.41) is 4.16. The minimum Gasteiger partial charge on any atom is -0.379 e. The third-order valence-corrected chi connectivity index (χ3v) is 7.40. The van der Waals surface area contributed by atoms with E-state index in [-0.39, 0.29) is 17.9 Å². The van der Waals surface area contributed by atoms with Crippen molar-refractivity contribution in [2.24, 2.45) is 5.92 Å². The number of amides is 1. The second kappa shape index (κ2) is 9.53. The zero-order valence-electron chi connectivity index (χ0n) is 18.7. The molecule has 33 heavy (non-hydrogen) atoms. The molecule has 5 rings (SSSR count). The van der Waals surface area contributed by atoms with E-state index in [0.29, 0.717) is 16.7 Å². The molecule has 2 fully saturated rings. The Morgan fingerprint density at radius 1 is 1.15 bits per heavy atom. The van der Waals surface area contributed by atoms with Crippen molar-refractivity contribution in [2.45, 2.75) is 38.6 Å². The molecule has 1 amide bonds. The van der Waals surface area contributed by atoms with Gasteiger partial charge in [-0.15, -0.1) is 0 Å². The summed E-state index contributed by atoms with van der Waals surface area (Å²) < 4.78 is 7.54. The highest BCUT2D eigenvalue weighted by Crippen LogP contribution is 2.34. The number of aromatic nitrogens is 2. The van der Waals surface area contributed by atoms with Crippen molar-refractivity contribution in [3.8, 4) is 5.69 Å². The van der Waals surface area contributed by atoms with Crippen LogP contribution in [0.25, 0.3) is 16.7 Å². The average molecular weight is 487 g/mol. The van der Waals surface area contributed by atoms with E-state index < -0.39 is 0 Å². The number of anilines is 1. The average Bonchev–Trinajstić information content (AvgIpc) is 3.47. The largest absolute Gasteiger partial charge is 0.379 e. The van der Waals surface area contributed by atoms with Crippen LogP contribution in [0.1, 0.15) is 31.7 Å². The van der Waals surface area contributed by atoms with Crippen LogP contribution in [0.4, 0.5) is 5.95 Å². The fourth-order valence-corrected chi connectivity index (χ4v) is 5.07. The van der Waals surface area contributed by atoms with E-state index in [0.717, 1.165) is 68.0 Å². The maximum absolute atomic E-state index is 12.7. The van der Waals surface area contributed by atoms with E-state index in [2.05, 4.69) is 46.0 Å². The van der Waals surface area contributed by atoms with Crippen molar-refractivity contribution in [1.82, 2.24) is 14.9 Å². The predicted molar refractivity (Wildman–Crippen MR) is 133 cm³/mol. The summed E-state index contributed by atoms with van der Waals surface area (Å²) in [4.78, 5) is 20.0. The molecule has 174 valence electrons. The molecule has 6 nitrogen and oxygen atoms in total. The lowest BCUT2D eigenvalue weighted by molar-refractivity contribution is -0.126. The molecule has 3 aromatic rings. The first-order valence-electron chi connectivity index (χ1n) is 11.6. The van der Waals surface area contributed by atoms with Crippen molar-refractivity contribution in [2.75, 3.05) is 31.2 Å². The topological polar surface area (TPSA) is 59.4 Å². The predicted octanol–water partition coefficient (Wildman–Crippen LogP) is 5.02. The number of imidazole rings is 1. The van der Waals surface area contributed by atoms with Crippen LogP contribution < -0.4 is 10.2 Å². The van der Waals surface area contributed by atoms with Gasteiger partial charge in [0.25, 0.3) is 0 Å². The van der Waals surface area contributed by atoms with Gasteiger partial charge in [0.15, 0.2) is 0 Å². The highest BCUT2D eigenvalue weighted by molar-refractivity contribution is 6.42. The summed E-state index contributed by atoms with van der Waals surface area (Å²) in [6.07, 6.45) is 3.43. The standard InChI is InChI=1S/C25H28Cl2N4O2/c1-2-16-4-3-5-19(12-16)31-23-14-21(27)20(26)13-22(23)29-25(31)30-9-6-17(7-10-30)24(32)28-18-8-11-33-15-18/h3-5,12-14,17-18H,2,6-11,15H2,1H3,(H,28,32)/t18-/m1/s1. The summed E-state index contributed by atoms with van der Waals surface area (Å²) in [5.41, 5.74) is 4.04. The molecule has 0 radical (unpaired) electrons. The Bertz CT molecular complexity index is 1160. The molecule has 1 N–H and O–H groups in total. The number of piperidine rings is 1. The van der Waals surface area contributed by atoms with E-state index in [1.807, 2.05) is 12.1 Å². The van der Waals surface area contributed by atoms with Crippen molar-refractivity contribution in [3.05, 3.63) is 52.0 Å². The minimum absolute atomic E-state index is 0.0204. The maximum Gasteiger partial charge on any atom is 0.223 e. The summed E-state index contributed by atoms with van der Waals surface area (Å²) >= 11 is 12.7. The summed E-state index contributed by atoms with van der Waals surface area (Å²) in [6.45, 7) is 5.02. The Kier molecular flexibility index (Phi) is 6.50. The number of nitrogens with zero attached hydrogens (tertiary/aromatic N) is 3. The van der Waals surface area contributed by atoms with Crippen LogP contribution in [-0.4, -0.2) is 47.8 Å². The lowest BCUT2D eigenvalue weighted by Crippen LogP contribution is -2.44.